The van der Waals surface area contributed by atoms with Gasteiger partial charge in [-0.25, -0.2) is 10.1 Å². The van der Waals surface area contributed by atoms with Crippen molar-refractivity contribution < 1.29 is 68.9 Å². The van der Waals surface area contributed by atoms with Crippen LogP contribution in [0.1, 0.15) is 6.92 Å². The Bertz CT molecular complexity index is 607. The number of aliphatic carboxylic acids is 1. The van der Waals surface area contributed by atoms with Crippen LogP contribution >= 0.6 is 0 Å². The van der Waals surface area contributed by atoms with Gasteiger partial charge in [-0.3, -0.25) is 4.79 Å². The van der Waals surface area contributed by atoms with E-state index in [1.165, 1.54) is 14.0 Å². The number of aliphatic hydroxyl groups is 3. The third-order valence-corrected chi connectivity index (χ3v) is 4.93. The summed E-state index contributed by atoms with van der Waals surface area (Å²) in [6.45, 7) is 0.514. The van der Waals surface area contributed by atoms with E-state index in [-0.39, 0.29) is 0 Å². The molecular formula is C16H27NO14. The van der Waals surface area contributed by atoms with Crippen molar-refractivity contribution in [3.63, 3.8) is 0 Å². The highest BCUT2D eigenvalue weighted by atomic mass is 17.5. The molecule has 2 rings (SSSR count). The molecule has 0 radical (unpaired) electrons. The van der Waals surface area contributed by atoms with Gasteiger partial charge in [-0.15, -0.1) is 0 Å². The fourth-order valence-electron chi connectivity index (χ4n) is 3.53. The van der Waals surface area contributed by atoms with Gasteiger partial charge in [0.2, 0.25) is 5.91 Å². The van der Waals surface area contributed by atoms with Gasteiger partial charge in [0.05, 0.1) is 6.61 Å². The molecule has 0 aromatic heterocycles. The first-order valence-corrected chi connectivity index (χ1v) is 9.15. The molecule has 0 saturated carbocycles. The lowest BCUT2D eigenvalue weighted by Gasteiger charge is -2.47. The smallest absolute Gasteiger partial charge is 0.335 e. The topological polar surface area (TPSA) is 212 Å². The van der Waals surface area contributed by atoms with E-state index >= 15 is 0 Å². The van der Waals surface area contributed by atoms with Crippen molar-refractivity contribution in [2.75, 3.05) is 20.8 Å². The molecule has 10 atom stereocenters. The van der Waals surface area contributed by atoms with Crippen molar-refractivity contribution in [3.8, 4) is 0 Å². The number of methoxy groups -OCH3 is 2. The van der Waals surface area contributed by atoms with Crippen LogP contribution in [0.4, 0.5) is 0 Å². The standard InChI is InChI=1S/C16H27NO14/c1-5(19)17-7-11(10(30-31-24)6(4-18)27-15(7)26-3)28-16-9(21)8(20)12(25-2)13(29-16)14(22)23/h6-13,15-16,18,20-21,24H,4H2,1-3H3,(H,17,19)(H,22,23). The number of rotatable bonds is 9. The van der Waals surface area contributed by atoms with Crippen LogP contribution in [-0.2, 0) is 43.2 Å². The number of carboxylic acid groups (broad SMARTS) is 1. The zero-order chi connectivity index (χ0) is 23.3. The maximum Gasteiger partial charge on any atom is 0.335 e. The zero-order valence-corrected chi connectivity index (χ0v) is 16.9. The number of aliphatic hydroxyl groups excluding tert-OH is 3. The lowest BCUT2D eigenvalue weighted by molar-refractivity contribution is -0.526. The summed E-state index contributed by atoms with van der Waals surface area (Å²) >= 11 is 0. The maximum atomic E-state index is 11.7. The predicted octanol–water partition coefficient (Wildman–Crippen LogP) is -3.42. The monoisotopic (exact) mass is 457 g/mol. The average Bonchev–Trinajstić information content (AvgIpc) is 2.72. The molecule has 6 N–H and O–H groups in total. The molecule has 10 unspecified atom stereocenters. The van der Waals surface area contributed by atoms with E-state index in [4.69, 9.17) is 33.8 Å². The molecule has 2 saturated heterocycles. The van der Waals surface area contributed by atoms with Crippen LogP contribution < -0.4 is 5.32 Å². The number of carbonyl (C=O) groups excluding carboxylic acids is 1. The van der Waals surface area contributed by atoms with Crippen molar-refractivity contribution in [1.29, 1.82) is 0 Å². The van der Waals surface area contributed by atoms with Crippen molar-refractivity contribution in [1.82, 2.24) is 5.32 Å². The molecule has 2 aliphatic heterocycles. The Hall–Kier alpha value is -1.50. The molecule has 31 heavy (non-hydrogen) atoms. The van der Waals surface area contributed by atoms with Gasteiger partial charge in [0, 0.05) is 21.1 Å². The highest BCUT2D eigenvalue weighted by molar-refractivity contribution is 5.73. The Morgan fingerprint density at radius 2 is 1.68 bits per heavy atom. The first-order chi connectivity index (χ1) is 14.7. The second kappa shape index (κ2) is 11.4. The Morgan fingerprint density at radius 3 is 2.16 bits per heavy atom. The summed E-state index contributed by atoms with van der Waals surface area (Å²) in [7, 11) is 2.37. The molecule has 15 nitrogen and oxygen atoms in total. The van der Waals surface area contributed by atoms with Crippen LogP contribution in [0, 0.1) is 0 Å². The number of hydrogen-bond donors (Lipinski definition) is 6. The van der Waals surface area contributed by atoms with Gasteiger partial charge in [-0.2, -0.15) is 4.89 Å². The number of ether oxygens (including phenoxy) is 5. The van der Waals surface area contributed by atoms with Crippen molar-refractivity contribution in [2.45, 2.75) is 68.3 Å². The molecule has 15 heteroatoms. The SMILES string of the molecule is COC1OC(CO)C(OOO)C(OC2OC(C(=O)O)C(OC)C(O)C2O)C1NC(C)=O. The first-order valence-electron chi connectivity index (χ1n) is 9.15. The summed E-state index contributed by atoms with van der Waals surface area (Å²) in [6, 6.07) is -1.16. The van der Waals surface area contributed by atoms with E-state index in [1.54, 1.807) is 0 Å². The number of carbonyl (C=O) groups is 2. The quantitative estimate of drug-likeness (QED) is 0.147. The molecule has 1 amide bonds. The number of carboxylic acids is 1. The Labute approximate surface area is 176 Å². The number of nitrogens with one attached hydrogen (secondary N) is 1. The number of hydrogen-bond acceptors (Lipinski definition) is 13. The van der Waals surface area contributed by atoms with E-state index in [9.17, 15) is 30.0 Å². The minimum Gasteiger partial charge on any atom is -0.479 e. The van der Waals surface area contributed by atoms with Gasteiger partial charge >= 0.3 is 5.97 Å². The van der Waals surface area contributed by atoms with Crippen LogP contribution in [0.25, 0.3) is 0 Å². The summed E-state index contributed by atoms with van der Waals surface area (Å²) < 4.78 is 26.5. The van der Waals surface area contributed by atoms with E-state index in [2.05, 4.69) is 10.4 Å². The lowest BCUT2D eigenvalue weighted by Crippen LogP contribution is -2.68. The van der Waals surface area contributed by atoms with Crippen LogP contribution in [-0.4, -0.2) is 120 Å². The van der Waals surface area contributed by atoms with Gasteiger partial charge < -0.3 is 49.4 Å². The summed E-state index contributed by atoms with van der Waals surface area (Å²) in [5.41, 5.74) is 0. The molecule has 0 aromatic carbocycles. The van der Waals surface area contributed by atoms with E-state index in [0.717, 1.165) is 7.11 Å². The molecule has 0 aliphatic carbocycles. The highest BCUT2D eigenvalue weighted by Gasteiger charge is 2.54. The predicted molar refractivity (Wildman–Crippen MR) is 92.9 cm³/mol. The Morgan fingerprint density at radius 1 is 1.00 bits per heavy atom. The second-order valence-electron chi connectivity index (χ2n) is 6.87. The van der Waals surface area contributed by atoms with Crippen LogP contribution in [0.2, 0.25) is 0 Å². The highest BCUT2D eigenvalue weighted by Crippen LogP contribution is 2.31. The van der Waals surface area contributed by atoms with Gasteiger partial charge in [-0.05, 0) is 0 Å². The van der Waals surface area contributed by atoms with Crippen molar-refractivity contribution in [3.05, 3.63) is 0 Å². The number of amides is 1. The summed E-state index contributed by atoms with van der Waals surface area (Å²) in [4.78, 5) is 28.0. The zero-order valence-electron chi connectivity index (χ0n) is 16.9. The third kappa shape index (κ3) is 5.65. The lowest BCUT2D eigenvalue weighted by atomic mass is 9.95. The van der Waals surface area contributed by atoms with Gasteiger partial charge in [0.1, 0.15) is 36.6 Å². The van der Waals surface area contributed by atoms with E-state index in [1.807, 2.05) is 0 Å². The molecule has 2 aliphatic rings. The molecule has 0 bridgehead atoms. The third-order valence-electron chi connectivity index (χ3n) is 4.93. The van der Waals surface area contributed by atoms with Crippen molar-refractivity contribution in [2.24, 2.45) is 0 Å². The fraction of sp³-hybridized carbons (Fsp3) is 0.875. The van der Waals surface area contributed by atoms with Crippen LogP contribution in [0.5, 0.6) is 0 Å². The summed E-state index contributed by atoms with van der Waals surface area (Å²) in [6.07, 6.45) is -13.6. The summed E-state index contributed by atoms with van der Waals surface area (Å²) in [5, 5.41) is 54.6. The van der Waals surface area contributed by atoms with Crippen LogP contribution in [0.3, 0.4) is 0 Å². The minimum absolute atomic E-state index is 0.552. The molecule has 2 fully saturated rings. The fourth-order valence-corrected chi connectivity index (χ4v) is 3.53. The molecule has 180 valence electrons. The average molecular weight is 457 g/mol. The Balaban J connectivity index is 2.37. The van der Waals surface area contributed by atoms with Gasteiger partial charge in [0.15, 0.2) is 24.8 Å². The van der Waals surface area contributed by atoms with Gasteiger partial charge in [-0.1, -0.05) is 5.04 Å². The van der Waals surface area contributed by atoms with Crippen molar-refractivity contribution >= 4 is 11.9 Å². The molecular weight excluding hydrogens is 430 g/mol. The molecule has 0 spiro atoms. The van der Waals surface area contributed by atoms with Gasteiger partial charge in [0.25, 0.3) is 0 Å². The van der Waals surface area contributed by atoms with E-state index < -0.39 is 79.8 Å². The van der Waals surface area contributed by atoms with E-state index in [0.29, 0.717) is 0 Å². The summed E-state index contributed by atoms with van der Waals surface area (Å²) in [5.74, 6) is -2.05. The Kier molecular flexibility index (Phi) is 9.46. The maximum absolute atomic E-state index is 11.7. The normalized spacial score (nSPS) is 41.0. The second-order valence-corrected chi connectivity index (χ2v) is 6.87. The minimum atomic E-state index is -1.79. The first kappa shape index (κ1) is 25.8. The largest absolute Gasteiger partial charge is 0.479 e. The van der Waals surface area contributed by atoms with Crippen LogP contribution in [0.15, 0.2) is 0 Å². The molecule has 2 heterocycles. The molecule has 0 aromatic rings.